The van der Waals surface area contributed by atoms with Gasteiger partial charge in [0, 0.05) is 21.0 Å². The molecule has 2 heterocycles. The van der Waals surface area contributed by atoms with Crippen LogP contribution in [0.1, 0.15) is 18.1 Å². The summed E-state index contributed by atoms with van der Waals surface area (Å²) < 4.78 is 6.97. The van der Waals surface area contributed by atoms with Crippen molar-refractivity contribution in [3.05, 3.63) is 89.2 Å². The molecular weight excluding hydrogens is 472 g/mol. The molecule has 0 fully saturated rings. The van der Waals surface area contributed by atoms with E-state index >= 15 is 0 Å². The number of hydrogen-bond donors (Lipinski definition) is 0. The molecule has 5 rings (SSSR count). The third-order valence-corrected chi connectivity index (χ3v) is 6.39. The van der Waals surface area contributed by atoms with Crippen LogP contribution >= 0.6 is 27.7 Å². The number of thioether (sulfide) groups is 1. The Labute approximate surface area is 192 Å². The molecule has 0 radical (unpaired) electrons. The van der Waals surface area contributed by atoms with Crippen molar-refractivity contribution in [2.45, 2.75) is 17.2 Å². The molecule has 152 valence electrons. The predicted molar refractivity (Wildman–Crippen MR) is 127 cm³/mol. The Bertz CT molecular complexity index is 1340. The van der Waals surface area contributed by atoms with Crippen molar-refractivity contribution in [2.24, 2.45) is 0 Å². The molecular formula is C24H17BrN4OS. The van der Waals surface area contributed by atoms with Crippen LogP contribution in [0, 0.1) is 0 Å². The van der Waals surface area contributed by atoms with Gasteiger partial charge in [-0.1, -0.05) is 76.2 Å². The van der Waals surface area contributed by atoms with Crippen LogP contribution in [0.25, 0.3) is 33.7 Å². The van der Waals surface area contributed by atoms with Gasteiger partial charge in [0.15, 0.2) is 5.82 Å². The van der Waals surface area contributed by atoms with E-state index in [1.807, 2.05) is 85.8 Å². The van der Waals surface area contributed by atoms with Gasteiger partial charge in [0.05, 0.1) is 10.8 Å². The van der Waals surface area contributed by atoms with E-state index in [-0.39, 0.29) is 5.25 Å². The molecule has 3 aromatic carbocycles. The topological polar surface area (TPSA) is 64.7 Å². The molecule has 5 nitrogen and oxygen atoms in total. The van der Waals surface area contributed by atoms with Crippen molar-refractivity contribution in [2.75, 3.05) is 0 Å². The minimum absolute atomic E-state index is 0.0685. The Morgan fingerprint density at radius 3 is 2.35 bits per heavy atom. The first kappa shape index (κ1) is 19.9. The molecule has 5 aromatic rings. The predicted octanol–water partition coefficient (Wildman–Crippen LogP) is 6.96. The quantitative estimate of drug-likeness (QED) is 0.196. The molecule has 2 aromatic heterocycles. The summed E-state index contributed by atoms with van der Waals surface area (Å²) in [7, 11) is 0. The first-order chi connectivity index (χ1) is 15.2. The molecule has 1 atom stereocenters. The van der Waals surface area contributed by atoms with E-state index in [1.54, 1.807) is 11.8 Å². The van der Waals surface area contributed by atoms with Crippen LogP contribution in [0.2, 0.25) is 0 Å². The van der Waals surface area contributed by atoms with Crippen LogP contribution in [0.5, 0.6) is 0 Å². The summed E-state index contributed by atoms with van der Waals surface area (Å²) in [6.07, 6.45) is 0. The van der Waals surface area contributed by atoms with Gasteiger partial charge in [-0.3, -0.25) is 0 Å². The SMILES string of the molecule is C[C@H](Sc1nc(-c2ccc(Br)cc2)nc2ccccc12)c1nnc(-c2ccccc2)o1. The fourth-order valence-corrected chi connectivity index (χ4v) is 4.41. The molecule has 0 amide bonds. The number of halogens is 1. The standard InChI is InChI=1S/C24H17BrN4OS/c1-15(22-28-29-23(30-22)17-7-3-2-4-8-17)31-24-19-9-5-6-10-20(19)26-21(27-24)16-11-13-18(25)14-12-16/h2-15H,1H3/t15-/m0/s1. The van der Waals surface area contributed by atoms with E-state index in [0.717, 1.165) is 31.5 Å². The molecule has 7 heteroatoms. The fraction of sp³-hybridized carbons (Fsp3) is 0.0833. The van der Waals surface area contributed by atoms with Gasteiger partial charge < -0.3 is 4.42 Å². The number of rotatable bonds is 5. The molecule has 0 aliphatic heterocycles. The van der Waals surface area contributed by atoms with Gasteiger partial charge in [-0.15, -0.1) is 10.2 Å². The number of benzene rings is 3. The second kappa shape index (κ2) is 8.61. The van der Waals surface area contributed by atoms with Crippen molar-refractivity contribution in [1.29, 1.82) is 0 Å². The van der Waals surface area contributed by atoms with Gasteiger partial charge in [-0.05, 0) is 37.3 Å². The molecule has 0 saturated heterocycles. The van der Waals surface area contributed by atoms with E-state index in [0.29, 0.717) is 17.6 Å². The third-order valence-electron chi connectivity index (χ3n) is 4.77. The van der Waals surface area contributed by atoms with Crippen LogP contribution in [0.15, 0.2) is 92.8 Å². The zero-order valence-corrected chi connectivity index (χ0v) is 19.0. The van der Waals surface area contributed by atoms with E-state index < -0.39 is 0 Å². The Hall–Kier alpha value is -3.03. The summed E-state index contributed by atoms with van der Waals surface area (Å²) in [5.41, 5.74) is 2.77. The highest BCUT2D eigenvalue weighted by molar-refractivity contribution is 9.10. The maximum absolute atomic E-state index is 5.95. The summed E-state index contributed by atoms with van der Waals surface area (Å²) in [6, 6.07) is 25.8. The highest BCUT2D eigenvalue weighted by Gasteiger charge is 2.19. The number of fused-ring (bicyclic) bond motifs is 1. The number of aromatic nitrogens is 4. The smallest absolute Gasteiger partial charge is 0.247 e. The molecule has 0 bridgehead atoms. The van der Waals surface area contributed by atoms with Crippen molar-refractivity contribution in [3.63, 3.8) is 0 Å². The minimum atomic E-state index is -0.0685. The fourth-order valence-electron chi connectivity index (χ4n) is 3.18. The molecule has 0 aliphatic rings. The summed E-state index contributed by atoms with van der Waals surface area (Å²) in [4.78, 5) is 9.65. The van der Waals surface area contributed by atoms with E-state index in [1.165, 1.54) is 0 Å². The van der Waals surface area contributed by atoms with Crippen LogP contribution in [0.3, 0.4) is 0 Å². The van der Waals surface area contributed by atoms with Crippen molar-refractivity contribution < 1.29 is 4.42 Å². The maximum atomic E-state index is 5.95. The second-order valence-corrected chi connectivity index (χ2v) is 9.19. The Kier molecular flexibility index (Phi) is 5.53. The Balaban J connectivity index is 1.49. The molecule has 0 spiro atoms. The molecule has 31 heavy (non-hydrogen) atoms. The lowest BCUT2D eigenvalue weighted by molar-refractivity contribution is 0.509. The third kappa shape index (κ3) is 4.24. The minimum Gasteiger partial charge on any atom is -0.419 e. The summed E-state index contributed by atoms with van der Waals surface area (Å²) in [5, 5.41) is 10.3. The van der Waals surface area contributed by atoms with E-state index in [4.69, 9.17) is 14.4 Å². The summed E-state index contributed by atoms with van der Waals surface area (Å²) in [6.45, 7) is 2.04. The zero-order chi connectivity index (χ0) is 21.2. The van der Waals surface area contributed by atoms with Crippen LogP contribution in [-0.2, 0) is 0 Å². The summed E-state index contributed by atoms with van der Waals surface area (Å²) in [5.74, 6) is 1.78. The molecule has 0 N–H and O–H groups in total. The van der Waals surface area contributed by atoms with E-state index in [9.17, 15) is 0 Å². The average Bonchev–Trinajstić information content (AvgIpc) is 3.31. The van der Waals surface area contributed by atoms with E-state index in [2.05, 4.69) is 26.1 Å². The van der Waals surface area contributed by atoms with Gasteiger partial charge in [0.2, 0.25) is 11.8 Å². The average molecular weight is 489 g/mol. The lowest BCUT2D eigenvalue weighted by atomic mass is 10.2. The first-order valence-corrected chi connectivity index (χ1v) is 11.4. The number of nitrogens with zero attached hydrogens (tertiary/aromatic N) is 4. The molecule has 0 unspecified atom stereocenters. The van der Waals surface area contributed by atoms with Crippen LogP contribution in [-0.4, -0.2) is 20.2 Å². The first-order valence-electron chi connectivity index (χ1n) is 9.75. The van der Waals surface area contributed by atoms with Crippen LogP contribution < -0.4 is 0 Å². The van der Waals surface area contributed by atoms with Crippen molar-refractivity contribution in [3.8, 4) is 22.8 Å². The van der Waals surface area contributed by atoms with Gasteiger partial charge >= 0.3 is 0 Å². The van der Waals surface area contributed by atoms with Gasteiger partial charge in [0.1, 0.15) is 5.03 Å². The zero-order valence-electron chi connectivity index (χ0n) is 16.6. The normalized spacial score (nSPS) is 12.2. The Morgan fingerprint density at radius 1 is 0.806 bits per heavy atom. The second-order valence-electron chi connectivity index (χ2n) is 6.95. The van der Waals surface area contributed by atoms with Crippen LogP contribution in [0.4, 0.5) is 0 Å². The maximum Gasteiger partial charge on any atom is 0.247 e. The molecule has 0 saturated carbocycles. The largest absolute Gasteiger partial charge is 0.419 e. The molecule has 0 aliphatic carbocycles. The Morgan fingerprint density at radius 2 is 1.55 bits per heavy atom. The lowest BCUT2D eigenvalue weighted by Gasteiger charge is -2.11. The van der Waals surface area contributed by atoms with Gasteiger partial charge in [0.25, 0.3) is 0 Å². The van der Waals surface area contributed by atoms with Gasteiger partial charge in [-0.2, -0.15) is 0 Å². The number of hydrogen-bond acceptors (Lipinski definition) is 6. The monoisotopic (exact) mass is 488 g/mol. The van der Waals surface area contributed by atoms with Crippen molar-refractivity contribution in [1.82, 2.24) is 20.2 Å². The van der Waals surface area contributed by atoms with Crippen molar-refractivity contribution >= 4 is 38.6 Å². The highest BCUT2D eigenvalue weighted by Crippen LogP contribution is 2.38. The highest BCUT2D eigenvalue weighted by atomic mass is 79.9. The lowest BCUT2D eigenvalue weighted by Crippen LogP contribution is -1.96. The summed E-state index contributed by atoms with van der Waals surface area (Å²) >= 11 is 5.07. The number of para-hydroxylation sites is 1. The van der Waals surface area contributed by atoms with Gasteiger partial charge in [-0.25, -0.2) is 9.97 Å².